The highest BCUT2D eigenvalue weighted by Crippen LogP contribution is 2.20. The van der Waals surface area contributed by atoms with Gasteiger partial charge in [0.2, 0.25) is 10.0 Å². The van der Waals surface area contributed by atoms with Crippen LogP contribution in [0, 0.1) is 0 Å². The topological polar surface area (TPSA) is 49.4 Å². The minimum absolute atomic E-state index is 0.223. The number of sulfonamides is 1. The van der Waals surface area contributed by atoms with Gasteiger partial charge in [-0.3, -0.25) is 0 Å². The molecule has 0 amide bonds. The molecule has 2 aliphatic rings. The van der Waals surface area contributed by atoms with Crippen molar-refractivity contribution in [3.63, 3.8) is 0 Å². The van der Waals surface area contributed by atoms with Crippen molar-refractivity contribution in [2.24, 2.45) is 0 Å². The second-order valence-corrected chi connectivity index (χ2v) is 5.82. The van der Waals surface area contributed by atoms with Crippen LogP contribution in [0.3, 0.4) is 0 Å². The molecule has 5 heteroatoms. The van der Waals surface area contributed by atoms with Gasteiger partial charge in [0.05, 0.1) is 5.75 Å². The standard InChI is InChI=1S/C8H16N2O2S/c11-13(12)6-2-5-10(13)8-3-1-4-9-7-8/h8-9H,1-7H2. The Bertz CT molecular complexity index is 270. The molecule has 2 saturated heterocycles. The highest BCUT2D eigenvalue weighted by Gasteiger charge is 2.34. The zero-order chi connectivity index (χ0) is 9.31. The molecule has 13 heavy (non-hydrogen) atoms. The predicted molar refractivity (Wildman–Crippen MR) is 51.0 cm³/mol. The van der Waals surface area contributed by atoms with Crippen molar-refractivity contribution in [2.75, 3.05) is 25.4 Å². The summed E-state index contributed by atoms with van der Waals surface area (Å²) in [4.78, 5) is 0. The summed E-state index contributed by atoms with van der Waals surface area (Å²) in [6.45, 7) is 2.60. The van der Waals surface area contributed by atoms with Crippen molar-refractivity contribution in [3.8, 4) is 0 Å². The van der Waals surface area contributed by atoms with Crippen LogP contribution in [0.2, 0.25) is 0 Å². The number of hydrogen-bond donors (Lipinski definition) is 1. The number of piperidine rings is 1. The lowest BCUT2D eigenvalue weighted by atomic mass is 10.1. The molecule has 76 valence electrons. The van der Waals surface area contributed by atoms with E-state index < -0.39 is 10.0 Å². The van der Waals surface area contributed by atoms with E-state index in [0.717, 1.165) is 38.9 Å². The second kappa shape index (κ2) is 3.55. The largest absolute Gasteiger partial charge is 0.315 e. The second-order valence-electron chi connectivity index (χ2n) is 3.78. The van der Waals surface area contributed by atoms with E-state index >= 15 is 0 Å². The first-order chi connectivity index (χ1) is 6.20. The predicted octanol–water partition coefficient (Wildman–Crippen LogP) is -0.226. The highest BCUT2D eigenvalue weighted by molar-refractivity contribution is 7.89. The number of rotatable bonds is 1. The molecule has 1 N–H and O–H groups in total. The fraction of sp³-hybridized carbons (Fsp3) is 1.00. The van der Waals surface area contributed by atoms with Crippen LogP contribution in [-0.4, -0.2) is 44.2 Å². The molecule has 4 nitrogen and oxygen atoms in total. The maximum absolute atomic E-state index is 11.6. The van der Waals surface area contributed by atoms with Crippen LogP contribution in [0.25, 0.3) is 0 Å². The SMILES string of the molecule is O=S1(=O)CCCN1C1CCCNC1. The fourth-order valence-corrected chi connectivity index (χ4v) is 3.92. The molecule has 0 aromatic carbocycles. The molecule has 0 aliphatic carbocycles. The number of nitrogens with zero attached hydrogens (tertiary/aromatic N) is 1. The summed E-state index contributed by atoms with van der Waals surface area (Å²) in [5, 5.41) is 3.24. The van der Waals surface area contributed by atoms with Gasteiger partial charge in [-0.15, -0.1) is 0 Å². The van der Waals surface area contributed by atoms with Crippen molar-refractivity contribution in [3.05, 3.63) is 0 Å². The Kier molecular flexibility index (Phi) is 2.58. The van der Waals surface area contributed by atoms with Crippen molar-refractivity contribution in [2.45, 2.75) is 25.3 Å². The molecule has 0 bridgehead atoms. The monoisotopic (exact) mass is 204 g/mol. The molecule has 2 rings (SSSR count). The molecule has 0 aromatic heterocycles. The van der Waals surface area contributed by atoms with Crippen LogP contribution in [-0.2, 0) is 10.0 Å². The van der Waals surface area contributed by atoms with Gasteiger partial charge in [-0.1, -0.05) is 0 Å². The van der Waals surface area contributed by atoms with Gasteiger partial charge < -0.3 is 5.32 Å². The fourth-order valence-electron chi connectivity index (χ4n) is 2.15. The summed E-state index contributed by atoms with van der Waals surface area (Å²) >= 11 is 0. The summed E-state index contributed by atoms with van der Waals surface area (Å²) in [7, 11) is -2.89. The first-order valence-corrected chi connectivity index (χ1v) is 6.51. The van der Waals surface area contributed by atoms with Crippen LogP contribution in [0.1, 0.15) is 19.3 Å². The molecule has 0 saturated carbocycles. The van der Waals surface area contributed by atoms with E-state index in [1.54, 1.807) is 4.31 Å². The van der Waals surface area contributed by atoms with Crippen molar-refractivity contribution >= 4 is 10.0 Å². The molecule has 0 spiro atoms. The van der Waals surface area contributed by atoms with Gasteiger partial charge in [0, 0.05) is 19.1 Å². The average molecular weight is 204 g/mol. The molecule has 2 aliphatic heterocycles. The Hall–Kier alpha value is -0.130. The Morgan fingerprint density at radius 1 is 1.31 bits per heavy atom. The minimum Gasteiger partial charge on any atom is -0.315 e. The summed E-state index contributed by atoms with van der Waals surface area (Å²) in [6.07, 6.45) is 2.92. The molecule has 1 atom stereocenters. The zero-order valence-corrected chi connectivity index (χ0v) is 8.52. The maximum Gasteiger partial charge on any atom is 0.214 e. The first kappa shape index (κ1) is 9.43. The lowest BCUT2D eigenvalue weighted by Crippen LogP contribution is -2.46. The normalized spacial score (nSPS) is 34.9. The number of nitrogens with one attached hydrogen (secondary N) is 1. The Morgan fingerprint density at radius 3 is 2.69 bits per heavy atom. The van der Waals surface area contributed by atoms with E-state index in [4.69, 9.17) is 0 Å². The highest BCUT2D eigenvalue weighted by atomic mass is 32.2. The summed E-state index contributed by atoms with van der Waals surface area (Å²) < 4.78 is 24.8. The van der Waals surface area contributed by atoms with Gasteiger partial charge in [0.1, 0.15) is 0 Å². The van der Waals surface area contributed by atoms with Crippen LogP contribution in [0.5, 0.6) is 0 Å². The molecule has 2 fully saturated rings. The van der Waals surface area contributed by atoms with E-state index in [0.29, 0.717) is 5.75 Å². The third-order valence-corrected chi connectivity index (χ3v) is 4.82. The zero-order valence-electron chi connectivity index (χ0n) is 7.70. The molecule has 0 aromatic rings. The van der Waals surface area contributed by atoms with Crippen LogP contribution < -0.4 is 5.32 Å². The smallest absolute Gasteiger partial charge is 0.214 e. The molecule has 0 radical (unpaired) electrons. The van der Waals surface area contributed by atoms with Crippen LogP contribution in [0.4, 0.5) is 0 Å². The van der Waals surface area contributed by atoms with Gasteiger partial charge in [0.15, 0.2) is 0 Å². The maximum atomic E-state index is 11.6. The van der Waals surface area contributed by atoms with E-state index in [-0.39, 0.29) is 6.04 Å². The third-order valence-electron chi connectivity index (χ3n) is 2.82. The average Bonchev–Trinajstić information content (AvgIpc) is 2.47. The van der Waals surface area contributed by atoms with E-state index in [9.17, 15) is 8.42 Å². The quantitative estimate of drug-likeness (QED) is 0.642. The van der Waals surface area contributed by atoms with E-state index in [2.05, 4.69) is 5.32 Å². The van der Waals surface area contributed by atoms with Crippen LogP contribution in [0.15, 0.2) is 0 Å². The minimum atomic E-state index is -2.89. The van der Waals surface area contributed by atoms with Crippen LogP contribution >= 0.6 is 0 Å². The Labute approximate surface area is 79.4 Å². The molecular weight excluding hydrogens is 188 g/mol. The Morgan fingerprint density at radius 2 is 2.15 bits per heavy atom. The Balaban J connectivity index is 2.07. The summed E-state index contributed by atoms with van der Waals surface area (Å²) in [5.41, 5.74) is 0. The molecule has 1 unspecified atom stereocenters. The van der Waals surface area contributed by atoms with E-state index in [1.807, 2.05) is 0 Å². The van der Waals surface area contributed by atoms with Gasteiger partial charge in [0.25, 0.3) is 0 Å². The van der Waals surface area contributed by atoms with Gasteiger partial charge >= 0.3 is 0 Å². The first-order valence-electron chi connectivity index (χ1n) is 4.90. The van der Waals surface area contributed by atoms with Gasteiger partial charge in [-0.2, -0.15) is 4.31 Å². The number of hydrogen-bond acceptors (Lipinski definition) is 3. The van der Waals surface area contributed by atoms with Gasteiger partial charge in [-0.05, 0) is 25.8 Å². The summed E-state index contributed by atoms with van der Waals surface area (Å²) in [5.74, 6) is 0.351. The van der Waals surface area contributed by atoms with Crippen molar-refractivity contribution < 1.29 is 8.42 Å². The molecular formula is C8H16N2O2S. The van der Waals surface area contributed by atoms with Crippen molar-refractivity contribution in [1.82, 2.24) is 9.62 Å². The van der Waals surface area contributed by atoms with E-state index in [1.165, 1.54) is 0 Å². The molecule has 2 heterocycles. The van der Waals surface area contributed by atoms with Gasteiger partial charge in [-0.25, -0.2) is 8.42 Å². The lowest BCUT2D eigenvalue weighted by Gasteiger charge is -2.29. The lowest BCUT2D eigenvalue weighted by molar-refractivity contribution is 0.281. The summed E-state index contributed by atoms with van der Waals surface area (Å²) in [6, 6.07) is 0.223. The third kappa shape index (κ3) is 1.87. The van der Waals surface area contributed by atoms with Crippen molar-refractivity contribution in [1.29, 1.82) is 0 Å².